The van der Waals surface area contributed by atoms with Crippen molar-refractivity contribution in [2.24, 2.45) is 0 Å². The van der Waals surface area contributed by atoms with Crippen molar-refractivity contribution in [3.8, 4) is 0 Å². The molecule has 1 heterocycles. The minimum Gasteiger partial charge on any atom is -0.314 e. The summed E-state index contributed by atoms with van der Waals surface area (Å²) in [6.45, 7) is 5.31. The second kappa shape index (κ2) is 8.98. The lowest BCUT2D eigenvalue weighted by atomic mass is 10.0. The average molecular weight is 330 g/mol. The Morgan fingerprint density at radius 3 is 2.47 bits per heavy atom. The van der Waals surface area contributed by atoms with Crippen LogP contribution in [-0.2, 0) is 0 Å². The van der Waals surface area contributed by atoms with Crippen LogP contribution in [0.1, 0.15) is 17.2 Å². The molecule has 1 saturated heterocycles. The van der Waals surface area contributed by atoms with Gasteiger partial charge in [0.1, 0.15) is 6.67 Å². The summed E-state index contributed by atoms with van der Waals surface area (Å²) >= 11 is 5.93. The number of nitrogens with one attached hydrogen (secondary N) is 1. The molecule has 19 heavy (non-hydrogen) atoms. The van der Waals surface area contributed by atoms with Crippen molar-refractivity contribution in [3.05, 3.63) is 34.3 Å². The van der Waals surface area contributed by atoms with Gasteiger partial charge in [0.2, 0.25) is 0 Å². The maximum absolute atomic E-state index is 13.3. The zero-order chi connectivity index (χ0) is 12.3. The number of nitrogens with zero attached hydrogens (tertiary/aromatic N) is 1. The molecule has 0 aliphatic carbocycles. The van der Waals surface area contributed by atoms with Crippen LogP contribution in [-0.4, -0.2) is 37.8 Å². The zero-order valence-corrected chi connectivity index (χ0v) is 13.3. The average Bonchev–Trinajstić information content (AvgIpc) is 2.34. The highest BCUT2D eigenvalue weighted by Gasteiger charge is 2.23. The third-order valence-electron chi connectivity index (χ3n) is 3.33. The first-order valence-corrected chi connectivity index (χ1v) is 6.37. The molecule has 2 rings (SSSR count). The molecule has 0 radical (unpaired) electrons. The minimum absolute atomic E-state index is 0. The normalized spacial score (nSPS) is 17.2. The molecule has 1 aliphatic heterocycles. The summed E-state index contributed by atoms with van der Waals surface area (Å²) in [4.78, 5) is 2.20. The van der Waals surface area contributed by atoms with Crippen molar-refractivity contribution >= 4 is 36.4 Å². The third kappa shape index (κ3) is 4.76. The summed E-state index contributed by atoms with van der Waals surface area (Å²) < 4.78 is 13.3. The molecule has 1 aliphatic rings. The highest BCUT2D eigenvalue weighted by atomic mass is 35.5. The summed E-state index contributed by atoms with van der Waals surface area (Å²) in [6, 6.07) is 5.56. The molecule has 1 aromatic rings. The van der Waals surface area contributed by atoms with Crippen LogP contribution in [0.3, 0.4) is 0 Å². The van der Waals surface area contributed by atoms with E-state index in [1.54, 1.807) is 0 Å². The van der Waals surface area contributed by atoms with E-state index in [2.05, 4.69) is 10.2 Å². The molecule has 0 unspecified atom stereocenters. The van der Waals surface area contributed by atoms with Crippen LogP contribution in [0.4, 0.5) is 4.39 Å². The predicted octanol–water partition coefficient (Wildman–Crippen LogP) is 3.41. The Balaban J connectivity index is 0.00000162. The smallest absolute Gasteiger partial charge is 0.109 e. The van der Waals surface area contributed by atoms with Crippen LogP contribution < -0.4 is 5.32 Å². The molecule has 0 spiro atoms. The Morgan fingerprint density at radius 2 is 1.95 bits per heavy atom. The van der Waals surface area contributed by atoms with Crippen LogP contribution in [0.5, 0.6) is 0 Å². The minimum atomic E-state index is -0.345. The van der Waals surface area contributed by atoms with Gasteiger partial charge >= 0.3 is 0 Å². The van der Waals surface area contributed by atoms with Gasteiger partial charge in [-0.1, -0.05) is 17.7 Å². The van der Waals surface area contributed by atoms with E-state index in [4.69, 9.17) is 11.6 Å². The van der Waals surface area contributed by atoms with Gasteiger partial charge in [-0.2, -0.15) is 0 Å². The molecule has 2 nitrogen and oxygen atoms in total. The molecule has 6 heteroatoms. The van der Waals surface area contributed by atoms with E-state index in [0.717, 1.165) is 37.3 Å². The number of alkyl halides is 1. The lowest BCUT2D eigenvalue weighted by molar-refractivity contribution is 0.147. The highest BCUT2D eigenvalue weighted by molar-refractivity contribution is 6.30. The fourth-order valence-electron chi connectivity index (χ4n) is 2.38. The summed E-state index contributed by atoms with van der Waals surface area (Å²) in [5.74, 6) is 0. The van der Waals surface area contributed by atoms with E-state index in [0.29, 0.717) is 5.02 Å². The summed E-state index contributed by atoms with van der Waals surface area (Å²) in [6.07, 6.45) is 0. The van der Waals surface area contributed by atoms with Gasteiger partial charge in [-0.05, 0) is 30.2 Å². The first-order valence-electron chi connectivity index (χ1n) is 5.99. The third-order valence-corrected chi connectivity index (χ3v) is 3.56. The first-order chi connectivity index (χ1) is 8.22. The molecule has 0 saturated carbocycles. The fraction of sp³-hybridized carbons (Fsp3) is 0.538. The Morgan fingerprint density at radius 1 is 1.32 bits per heavy atom. The van der Waals surface area contributed by atoms with E-state index in [1.807, 2.05) is 25.1 Å². The van der Waals surface area contributed by atoms with Gasteiger partial charge in [0.25, 0.3) is 0 Å². The van der Waals surface area contributed by atoms with E-state index in [-0.39, 0.29) is 37.5 Å². The number of hydrogen-bond acceptors (Lipinski definition) is 2. The van der Waals surface area contributed by atoms with Gasteiger partial charge in [-0.3, -0.25) is 4.90 Å². The van der Waals surface area contributed by atoms with Crippen molar-refractivity contribution < 1.29 is 4.39 Å². The molecule has 0 aromatic heterocycles. The SMILES string of the molecule is Cc1cc(Cl)ccc1[C@H](CF)N1CCNCC1.Cl.Cl. The summed E-state index contributed by atoms with van der Waals surface area (Å²) in [5.41, 5.74) is 2.12. The van der Waals surface area contributed by atoms with Crippen LogP contribution in [0.25, 0.3) is 0 Å². The van der Waals surface area contributed by atoms with Gasteiger partial charge in [0.05, 0.1) is 6.04 Å². The molecule has 1 aromatic carbocycles. The molecule has 1 fully saturated rings. The van der Waals surface area contributed by atoms with E-state index < -0.39 is 0 Å². The standard InChI is InChI=1S/C13H18ClFN2.2ClH/c1-10-8-11(14)2-3-12(10)13(9-15)17-6-4-16-5-7-17;;/h2-3,8,13,16H,4-7,9H2,1H3;2*1H/t13-;;/m0../s1. The maximum Gasteiger partial charge on any atom is 0.109 e. The summed E-state index contributed by atoms with van der Waals surface area (Å²) in [5, 5.41) is 4.00. The van der Waals surface area contributed by atoms with Crippen molar-refractivity contribution in [1.82, 2.24) is 10.2 Å². The quantitative estimate of drug-likeness (QED) is 0.914. The highest BCUT2D eigenvalue weighted by Crippen LogP contribution is 2.26. The number of benzene rings is 1. The number of piperazine rings is 1. The number of rotatable bonds is 3. The van der Waals surface area contributed by atoms with Crippen LogP contribution >= 0.6 is 36.4 Å². The van der Waals surface area contributed by atoms with Gasteiger partial charge in [-0.25, -0.2) is 4.39 Å². The zero-order valence-electron chi connectivity index (χ0n) is 10.9. The molecular formula is C13H20Cl3FN2. The first kappa shape index (κ1) is 18.9. The van der Waals surface area contributed by atoms with Crippen molar-refractivity contribution in [2.75, 3.05) is 32.9 Å². The van der Waals surface area contributed by atoms with Gasteiger partial charge in [0, 0.05) is 31.2 Å². The molecular weight excluding hydrogens is 310 g/mol. The van der Waals surface area contributed by atoms with E-state index in [1.165, 1.54) is 0 Å². The van der Waals surface area contributed by atoms with Crippen LogP contribution in [0.15, 0.2) is 18.2 Å². The number of halogens is 4. The monoisotopic (exact) mass is 328 g/mol. The summed E-state index contributed by atoms with van der Waals surface area (Å²) in [7, 11) is 0. The second-order valence-corrected chi connectivity index (χ2v) is 4.89. The molecule has 110 valence electrons. The van der Waals surface area contributed by atoms with E-state index >= 15 is 0 Å². The second-order valence-electron chi connectivity index (χ2n) is 4.46. The Kier molecular flexibility index (Phi) is 8.95. The largest absolute Gasteiger partial charge is 0.314 e. The fourth-order valence-corrected chi connectivity index (χ4v) is 2.61. The van der Waals surface area contributed by atoms with Gasteiger partial charge in [0.15, 0.2) is 0 Å². The molecule has 1 atom stereocenters. The van der Waals surface area contributed by atoms with Crippen molar-refractivity contribution in [1.29, 1.82) is 0 Å². The maximum atomic E-state index is 13.3. The van der Waals surface area contributed by atoms with Gasteiger partial charge in [-0.15, -0.1) is 24.8 Å². The van der Waals surface area contributed by atoms with Gasteiger partial charge < -0.3 is 5.32 Å². The van der Waals surface area contributed by atoms with Crippen LogP contribution in [0.2, 0.25) is 5.02 Å². The van der Waals surface area contributed by atoms with Crippen LogP contribution in [0, 0.1) is 6.92 Å². The Hall–Kier alpha value is -0.0600. The van der Waals surface area contributed by atoms with E-state index in [9.17, 15) is 4.39 Å². The van der Waals surface area contributed by atoms with Crippen molar-refractivity contribution in [3.63, 3.8) is 0 Å². The topological polar surface area (TPSA) is 15.3 Å². The Bertz CT molecular complexity index is 384. The van der Waals surface area contributed by atoms with Crippen molar-refractivity contribution in [2.45, 2.75) is 13.0 Å². The number of aryl methyl sites for hydroxylation is 1. The molecule has 0 bridgehead atoms. The molecule has 0 amide bonds. The molecule has 1 N–H and O–H groups in total. The number of hydrogen-bond donors (Lipinski definition) is 1. The Labute approximate surface area is 131 Å². The lowest BCUT2D eigenvalue weighted by Gasteiger charge is -2.34. The predicted molar refractivity (Wildman–Crippen MR) is 83.8 cm³/mol. The lowest BCUT2D eigenvalue weighted by Crippen LogP contribution is -2.45.